The van der Waals surface area contributed by atoms with Gasteiger partial charge in [0.1, 0.15) is 17.6 Å². The summed E-state index contributed by atoms with van der Waals surface area (Å²) in [6.07, 6.45) is 1.38. The molecule has 27 heavy (non-hydrogen) atoms. The summed E-state index contributed by atoms with van der Waals surface area (Å²) in [7, 11) is 0. The third kappa shape index (κ3) is 4.61. The van der Waals surface area contributed by atoms with E-state index in [1.165, 1.54) is 11.1 Å². The van der Waals surface area contributed by atoms with Crippen molar-refractivity contribution in [2.75, 3.05) is 13.2 Å². The van der Waals surface area contributed by atoms with Crippen LogP contribution < -0.4 is 9.47 Å². The van der Waals surface area contributed by atoms with Gasteiger partial charge in [0.25, 0.3) is 0 Å². The van der Waals surface area contributed by atoms with Gasteiger partial charge in [-0.1, -0.05) is 24.3 Å². The lowest BCUT2D eigenvalue weighted by Crippen LogP contribution is -2.10. The van der Waals surface area contributed by atoms with E-state index < -0.39 is 12.1 Å². The second-order valence-corrected chi connectivity index (χ2v) is 6.51. The molecule has 5 nitrogen and oxygen atoms in total. The fourth-order valence-electron chi connectivity index (χ4n) is 3.55. The lowest BCUT2D eigenvalue weighted by atomic mass is 10.1. The minimum atomic E-state index is -0.874. The molecule has 0 spiro atoms. The fraction of sp³-hybridized carbons (Fsp3) is 0.409. The lowest BCUT2D eigenvalue weighted by Gasteiger charge is -2.18. The van der Waals surface area contributed by atoms with Gasteiger partial charge >= 0.3 is 5.97 Å². The maximum absolute atomic E-state index is 11.0. The Bertz CT molecular complexity index is 769. The van der Waals surface area contributed by atoms with Crippen LogP contribution >= 0.6 is 0 Å². The number of fused-ring (bicyclic) bond motifs is 1. The van der Waals surface area contributed by atoms with Crippen LogP contribution in [0.3, 0.4) is 0 Å². The van der Waals surface area contributed by atoms with Crippen LogP contribution in [0, 0.1) is 0 Å². The highest BCUT2D eigenvalue weighted by Crippen LogP contribution is 2.39. The first-order chi connectivity index (χ1) is 13.1. The van der Waals surface area contributed by atoms with Gasteiger partial charge in [0.15, 0.2) is 0 Å². The van der Waals surface area contributed by atoms with Gasteiger partial charge in [-0.05, 0) is 56.0 Å². The quantitative estimate of drug-likeness (QED) is 0.693. The minimum Gasteiger partial charge on any atom is -0.494 e. The van der Waals surface area contributed by atoms with Crippen molar-refractivity contribution in [1.29, 1.82) is 0 Å². The monoisotopic (exact) mass is 370 g/mol. The number of benzene rings is 2. The largest absolute Gasteiger partial charge is 0.494 e. The fourth-order valence-corrected chi connectivity index (χ4v) is 3.55. The van der Waals surface area contributed by atoms with E-state index in [1.807, 2.05) is 50.2 Å². The van der Waals surface area contributed by atoms with Crippen molar-refractivity contribution < 1.29 is 24.1 Å². The molecule has 0 saturated heterocycles. The van der Waals surface area contributed by atoms with E-state index >= 15 is 0 Å². The molecule has 0 amide bonds. The van der Waals surface area contributed by atoms with Crippen molar-refractivity contribution in [3.8, 4) is 11.5 Å². The van der Waals surface area contributed by atoms with Crippen LogP contribution in [0.25, 0.3) is 0 Å². The van der Waals surface area contributed by atoms with Gasteiger partial charge in [0, 0.05) is 12.2 Å². The molecular weight excluding hydrogens is 344 g/mol. The number of carboxylic acid groups (broad SMARTS) is 1. The van der Waals surface area contributed by atoms with Crippen molar-refractivity contribution in [3.05, 3.63) is 59.2 Å². The van der Waals surface area contributed by atoms with Crippen molar-refractivity contribution in [3.63, 3.8) is 0 Å². The van der Waals surface area contributed by atoms with Gasteiger partial charge in [-0.3, -0.25) is 4.79 Å². The highest BCUT2D eigenvalue weighted by atomic mass is 16.5. The maximum Gasteiger partial charge on any atom is 0.306 e. The lowest BCUT2D eigenvalue weighted by molar-refractivity contribution is -0.140. The number of carbonyl (C=O) groups is 1. The normalized spacial score (nSPS) is 16.6. The van der Waals surface area contributed by atoms with E-state index in [2.05, 4.69) is 6.07 Å². The van der Waals surface area contributed by atoms with Crippen LogP contribution in [0.1, 0.15) is 55.6 Å². The summed E-state index contributed by atoms with van der Waals surface area (Å²) in [6.45, 7) is 4.97. The Hall–Kier alpha value is -2.53. The number of aliphatic carboxylic acids is 1. The molecule has 1 N–H and O–H groups in total. The van der Waals surface area contributed by atoms with Crippen molar-refractivity contribution >= 4 is 5.97 Å². The molecule has 2 aromatic carbocycles. The van der Waals surface area contributed by atoms with Crippen LogP contribution in [0.2, 0.25) is 0 Å². The van der Waals surface area contributed by atoms with E-state index in [0.29, 0.717) is 13.2 Å². The number of ether oxygens (including phenoxy) is 3. The molecular formula is C22H26O5. The van der Waals surface area contributed by atoms with Gasteiger partial charge in [-0.2, -0.15) is 0 Å². The van der Waals surface area contributed by atoms with Gasteiger partial charge in [-0.25, -0.2) is 0 Å². The third-order valence-corrected chi connectivity index (χ3v) is 4.73. The Morgan fingerprint density at radius 1 is 1.15 bits per heavy atom. The molecule has 0 fully saturated rings. The van der Waals surface area contributed by atoms with E-state index in [4.69, 9.17) is 19.3 Å². The van der Waals surface area contributed by atoms with E-state index in [9.17, 15) is 4.79 Å². The van der Waals surface area contributed by atoms with E-state index in [-0.39, 0.29) is 12.5 Å². The molecule has 0 radical (unpaired) electrons. The Labute approximate surface area is 159 Å². The number of carboxylic acids is 1. The summed E-state index contributed by atoms with van der Waals surface area (Å²) in [4.78, 5) is 11.0. The smallest absolute Gasteiger partial charge is 0.306 e. The van der Waals surface area contributed by atoms with Crippen molar-refractivity contribution in [1.82, 2.24) is 0 Å². The zero-order valence-corrected chi connectivity index (χ0v) is 15.8. The second-order valence-electron chi connectivity index (χ2n) is 6.51. The molecule has 1 aliphatic carbocycles. The van der Waals surface area contributed by atoms with Crippen LogP contribution in [0.15, 0.2) is 42.5 Å². The highest BCUT2D eigenvalue weighted by Gasteiger charge is 2.27. The predicted molar refractivity (Wildman–Crippen MR) is 102 cm³/mol. The highest BCUT2D eigenvalue weighted by molar-refractivity contribution is 5.67. The van der Waals surface area contributed by atoms with E-state index in [1.54, 1.807) is 0 Å². The molecule has 2 atom stereocenters. The van der Waals surface area contributed by atoms with Gasteiger partial charge in [-0.15, -0.1) is 0 Å². The zero-order valence-electron chi connectivity index (χ0n) is 15.8. The first-order valence-electron chi connectivity index (χ1n) is 9.47. The van der Waals surface area contributed by atoms with E-state index in [0.717, 1.165) is 29.9 Å². The Morgan fingerprint density at radius 2 is 1.93 bits per heavy atom. The molecule has 0 aromatic heterocycles. The topological polar surface area (TPSA) is 65.0 Å². The van der Waals surface area contributed by atoms with Crippen LogP contribution in [0.4, 0.5) is 0 Å². The van der Waals surface area contributed by atoms with Gasteiger partial charge < -0.3 is 19.3 Å². The first-order valence-corrected chi connectivity index (χ1v) is 9.47. The number of rotatable bonds is 9. The Balaban J connectivity index is 1.71. The molecule has 0 saturated carbocycles. The van der Waals surface area contributed by atoms with Crippen LogP contribution in [-0.4, -0.2) is 24.3 Å². The summed E-state index contributed by atoms with van der Waals surface area (Å²) >= 11 is 0. The molecule has 5 heteroatoms. The zero-order chi connectivity index (χ0) is 19.2. The molecule has 0 heterocycles. The summed E-state index contributed by atoms with van der Waals surface area (Å²) in [5.74, 6) is 0.843. The SMILES string of the molecule is CCOc1cccc2c1CC[C@H]2Oc1ccc([C@H](CC(=O)O)OCC)cc1. The average molecular weight is 370 g/mol. The molecule has 0 unspecified atom stereocenters. The molecule has 144 valence electrons. The minimum absolute atomic E-state index is 0.00737. The molecule has 1 aliphatic rings. The van der Waals surface area contributed by atoms with Crippen LogP contribution in [-0.2, 0) is 16.0 Å². The van der Waals surface area contributed by atoms with Crippen LogP contribution in [0.5, 0.6) is 11.5 Å². The average Bonchev–Trinajstić information content (AvgIpc) is 3.06. The summed E-state index contributed by atoms with van der Waals surface area (Å²) in [5, 5.41) is 9.05. The summed E-state index contributed by atoms with van der Waals surface area (Å²) in [5.41, 5.74) is 3.26. The molecule has 3 rings (SSSR count). The number of hydrogen-bond donors (Lipinski definition) is 1. The molecule has 0 bridgehead atoms. The van der Waals surface area contributed by atoms with Gasteiger partial charge in [0.05, 0.1) is 19.1 Å². The maximum atomic E-state index is 11.0. The summed E-state index contributed by atoms with van der Waals surface area (Å²) in [6, 6.07) is 13.6. The second kappa shape index (κ2) is 8.91. The Morgan fingerprint density at radius 3 is 2.59 bits per heavy atom. The standard InChI is InChI=1S/C22H26O5/c1-3-25-19-7-5-6-17-18(19)12-13-20(17)27-16-10-8-15(9-11-16)21(26-4-2)14-22(23)24/h5-11,20-21H,3-4,12-14H2,1-2H3,(H,23,24)/t20-,21+/m1/s1. The molecule has 0 aliphatic heterocycles. The number of hydrogen-bond acceptors (Lipinski definition) is 4. The van der Waals surface area contributed by atoms with Gasteiger partial charge in [0.2, 0.25) is 0 Å². The van der Waals surface area contributed by atoms with Crippen molar-refractivity contribution in [2.45, 2.75) is 45.3 Å². The Kier molecular flexibility index (Phi) is 6.35. The third-order valence-electron chi connectivity index (χ3n) is 4.73. The predicted octanol–water partition coefficient (Wildman–Crippen LogP) is 4.70. The molecule has 2 aromatic rings. The summed E-state index contributed by atoms with van der Waals surface area (Å²) < 4.78 is 17.5. The first kappa shape index (κ1) is 19.2. The van der Waals surface area contributed by atoms with Crippen molar-refractivity contribution in [2.24, 2.45) is 0 Å².